The Hall–Kier alpha value is -3.28. The lowest BCUT2D eigenvalue weighted by atomic mass is 10.0. The minimum Gasteiger partial charge on any atom is -0.489 e. The SMILES string of the molecule is C/C(=C/[C@H](Cc1ccc(OCc2ccccc2)cc1)NC(=O)OC(C)(C)C)C(=O)O. The highest BCUT2D eigenvalue weighted by atomic mass is 16.6. The average molecular weight is 411 g/mol. The van der Waals surface area contributed by atoms with Crippen molar-refractivity contribution in [3.63, 3.8) is 0 Å². The smallest absolute Gasteiger partial charge is 0.408 e. The molecular weight excluding hydrogens is 382 g/mol. The number of carboxylic acid groups (broad SMARTS) is 1. The van der Waals surface area contributed by atoms with Gasteiger partial charge in [0.15, 0.2) is 0 Å². The lowest BCUT2D eigenvalue weighted by Crippen LogP contribution is -2.39. The van der Waals surface area contributed by atoms with Gasteiger partial charge in [-0.05, 0) is 57.4 Å². The highest BCUT2D eigenvalue weighted by molar-refractivity contribution is 5.86. The molecule has 0 unspecified atom stereocenters. The fraction of sp³-hybridized carbons (Fsp3) is 0.333. The van der Waals surface area contributed by atoms with Gasteiger partial charge in [0.05, 0.1) is 6.04 Å². The summed E-state index contributed by atoms with van der Waals surface area (Å²) in [6, 6.07) is 16.9. The molecule has 0 saturated heterocycles. The highest BCUT2D eigenvalue weighted by Gasteiger charge is 2.19. The Morgan fingerprint density at radius 1 is 1.03 bits per heavy atom. The number of hydrogen-bond donors (Lipinski definition) is 2. The summed E-state index contributed by atoms with van der Waals surface area (Å²) in [4.78, 5) is 23.4. The molecule has 2 rings (SSSR count). The Labute approximate surface area is 177 Å². The van der Waals surface area contributed by atoms with Crippen molar-refractivity contribution in [1.82, 2.24) is 5.32 Å². The van der Waals surface area contributed by atoms with Gasteiger partial charge in [0, 0.05) is 5.57 Å². The monoisotopic (exact) mass is 411 g/mol. The largest absolute Gasteiger partial charge is 0.489 e. The minimum atomic E-state index is -1.03. The first-order valence-corrected chi connectivity index (χ1v) is 9.79. The highest BCUT2D eigenvalue weighted by Crippen LogP contribution is 2.16. The molecule has 1 amide bonds. The quantitative estimate of drug-likeness (QED) is 0.613. The van der Waals surface area contributed by atoms with Gasteiger partial charge in [-0.25, -0.2) is 9.59 Å². The predicted molar refractivity (Wildman–Crippen MR) is 115 cm³/mol. The van der Waals surface area contributed by atoms with Gasteiger partial charge in [-0.2, -0.15) is 0 Å². The van der Waals surface area contributed by atoms with E-state index in [1.165, 1.54) is 13.0 Å². The number of ether oxygens (including phenoxy) is 2. The molecule has 30 heavy (non-hydrogen) atoms. The summed E-state index contributed by atoms with van der Waals surface area (Å²) in [6.45, 7) is 7.28. The zero-order chi connectivity index (χ0) is 22.1. The average Bonchev–Trinajstić information content (AvgIpc) is 2.66. The molecule has 0 aliphatic rings. The van der Waals surface area contributed by atoms with Gasteiger partial charge in [0.1, 0.15) is 18.0 Å². The first-order chi connectivity index (χ1) is 14.1. The van der Waals surface area contributed by atoms with E-state index in [1.807, 2.05) is 54.6 Å². The Balaban J connectivity index is 2.03. The molecule has 0 aromatic heterocycles. The van der Waals surface area contributed by atoms with E-state index in [0.29, 0.717) is 13.0 Å². The maximum absolute atomic E-state index is 12.2. The van der Waals surface area contributed by atoms with E-state index in [4.69, 9.17) is 9.47 Å². The molecule has 0 fully saturated rings. The van der Waals surface area contributed by atoms with Crippen LogP contribution in [0, 0.1) is 0 Å². The Bertz CT molecular complexity index is 867. The third kappa shape index (κ3) is 8.39. The molecule has 0 bridgehead atoms. The summed E-state index contributed by atoms with van der Waals surface area (Å²) in [6.07, 6.45) is 1.35. The van der Waals surface area contributed by atoms with Gasteiger partial charge in [-0.1, -0.05) is 48.5 Å². The van der Waals surface area contributed by atoms with Gasteiger partial charge in [0.25, 0.3) is 0 Å². The van der Waals surface area contributed by atoms with Crippen LogP contribution in [-0.2, 0) is 22.6 Å². The number of carboxylic acids is 1. The van der Waals surface area contributed by atoms with Crippen LogP contribution in [0.5, 0.6) is 5.75 Å². The van der Waals surface area contributed by atoms with Crippen LogP contribution in [0.3, 0.4) is 0 Å². The molecule has 6 nitrogen and oxygen atoms in total. The Kier molecular flexibility index (Phi) is 8.04. The lowest BCUT2D eigenvalue weighted by molar-refractivity contribution is -0.132. The van der Waals surface area contributed by atoms with E-state index in [2.05, 4.69) is 5.32 Å². The predicted octanol–water partition coefficient (Wildman–Crippen LogP) is 4.73. The molecule has 2 N–H and O–H groups in total. The van der Waals surface area contributed by atoms with Crippen LogP contribution in [0.2, 0.25) is 0 Å². The van der Waals surface area contributed by atoms with E-state index >= 15 is 0 Å². The second kappa shape index (κ2) is 10.5. The second-order valence-electron chi connectivity index (χ2n) is 8.03. The van der Waals surface area contributed by atoms with Crippen LogP contribution in [0.4, 0.5) is 4.79 Å². The summed E-state index contributed by atoms with van der Waals surface area (Å²) in [5.74, 6) is -0.299. The van der Waals surface area contributed by atoms with Crippen molar-refractivity contribution in [2.24, 2.45) is 0 Å². The third-order valence-electron chi connectivity index (χ3n) is 4.12. The van der Waals surface area contributed by atoms with Crippen molar-refractivity contribution in [3.05, 3.63) is 77.4 Å². The van der Waals surface area contributed by atoms with Gasteiger partial charge in [-0.3, -0.25) is 0 Å². The molecule has 0 radical (unpaired) electrons. The van der Waals surface area contributed by atoms with E-state index in [0.717, 1.165) is 16.9 Å². The Morgan fingerprint density at radius 3 is 2.23 bits per heavy atom. The summed E-state index contributed by atoms with van der Waals surface area (Å²) < 4.78 is 11.1. The van der Waals surface area contributed by atoms with Gasteiger partial charge in [0.2, 0.25) is 0 Å². The molecule has 160 valence electrons. The van der Waals surface area contributed by atoms with Crippen LogP contribution in [0.25, 0.3) is 0 Å². The molecule has 1 atom stereocenters. The number of amides is 1. The molecule has 2 aromatic carbocycles. The minimum absolute atomic E-state index is 0.152. The van der Waals surface area contributed by atoms with E-state index < -0.39 is 23.7 Å². The standard InChI is InChI=1S/C24H29NO5/c1-17(22(26)27)14-20(25-23(28)30-24(2,3)4)15-18-10-12-21(13-11-18)29-16-19-8-6-5-7-9-19/h5-14,20H,15-16H2,1-4H3,(H,25,28)(H,26,27)/b17-14-/t20-/m1/s1. The molecule has 0 heterocycles. The summed E-state index contributed by atoms with van der Waals surface area (Å²) >= 11 is 0. The first kappa shape index (κ1) is 23.0. The zero-order valence-electron chi connectivity index (χ0n) is 17.8. The number of nitrogens with one attached hydrogen (secondary N) is 1. The molecular formula is C24H29NO5. The lowest BCUT2D eigenvalue weighted by Gasteiger charge is -2.22. The molecule has 0 spiro atoms. The van der Waals surface area contributed by atoms with E-state index in [1.54, 1.807) is 20.8 Å². The molecule has 2 aromatic rings. The third-order valence-corrected chi connectivity index (χ3v) is 4.12. The van der Waals surface area contributed by atoms with Gasteiger partial charge < -0.3 is 19.9 Å². The number of hydrogen-bond acceptors (Lipinski definition) is 4. The van der Waals surface area contributed by atoms with Crippen molar-refractivity contribution in [2.75, 3.05) is 0 Å². The van der Waals surface area contributed by atoms with Crippen LogP contribution in [0.15, 0.2) is 66.2 Å². The van der Waals surface area contributed by atoms with Crippen molar-refractivity contribution in [2.45, 2.75) is 52.4 Å². The van der Waals surface area contributed by atoms with E-state index in [-0.39, 0.29) is 5.57 Å². The number of rotatable bonds is 8. The number of carbonyl (C=O) groups is 2. The normalized spacial score (nSPS) is 12.7. The van der Waals surface area contributed by atoms with Crippen LogP contribution >= 0.6 is 0 Å². The first-order valence-electron chi connectivity index (χ1n) is 9.79. The fourth-order valence-electron chi connectivity index (χ4n) is 2.70. The maximum Gasteiger partial charge on any atom is 0.408 e. The maximum atomic E-state index is 12.2. The van der Waals surface area contributed by atoms with Crippen molar-refractivity contribution in [3.8, 4) is 5.75 Å². The van der Waals surface area contributed by atoms with Crippen LogP contribution in [-0.4, -0.2) is 28.8 Å². The zero-order valence-corrected chi connectivity index (χ0v) is 17.8. The number of carbonyl (C=O) groups excluding carboxylic acids is 1. The fourth-order valence-corrected chi connectivity index (χ4v) is 2.70. The molecule has 0 aliphatic heterocycles. The molecule has 0 aliphatic carbocycles. The van der Waals surface area contributed by atoms with E-state index in [9.17, 15) is 14.7 Å². The van der Waals surface area contributed by atoms with Crippen molar-refractivity contribution < 1.29 is 24.2 Å². The second-order valence-corrected chi connectivity index (χ2v) is 8.03. The number of alkyl carbamates (subject to hydrolysis) is 1. The van der Waals surface area contributed by atoms with Crippen molar-refractivity contribution in [1.29, 1.82) is 0 Å². The molecule has 0 saturated carbocycles. The Morgan fingerprint density at radius 2 is 1.67 bits per heavy atom. The van der Waals surface area contributed by atoms with Gasteiger partial charge in [-0.15, -0.1) is 0 Å². The molecule has 6 heteroatoms. The van der Waals surface area contributed by atoms with Crippen LogP contribution < -0.4 is 10.1 Å². The van der Waals surface area contributed by atoms with Crippen molar-refractivity contribution >= 4 is 12.1 Å². The number of aliphatic carboxylic acids is 1. The summed E-state index contributed by atoms with van der Waals surface area (Å²) in [7, 11) is 0. The topological polar surface area (TPSA) is 84.9 Å². The summed E-state index contributed by atoms with van der Waals surface area (Å²) in [5.41, 5.74) is 1.52. The summed E-state index contributed by atoms with van der Waals surface area (Å²) in [5, 5.41) is 11.9. The number of benzene rings is 2. The van der Waals surface area contributed by atoms with Crippen LogP contribution in [0.1, 0.15) is 38.8 Å². The van der Waals surface area contributed by atoms with Gasteiger partial charge >= 0.3 is 12.1 Å².